The fourth-order valence-corrected chi connectivity index (χ4v) is 2.78. The number of likely N-dealkylation sites (tertiary alicyclic amines) is 1. The molecule has 21 heavy (non-hydrogen) atoms. The minimum atomic E-state index is -0.778. The van der Waals surface area contributed by atoms with Crippen LogP contribution in [0.1, 0.15) is 39.5 Å². The molecule has 122 valence electrons. The molecule has 1 aliphatic heterocycles. The maximum absolute atomic E-state index is 12.0. The van der Waals surface area contributed by atoms with Crippen molar-refractivity contribution in [2.45, 2.75) is 45.6 Å². The van der Waals surface area contributed by atoms with Crippen LogP contribution < -0.4 is 5.32 Å². The molecule has 0 radical (unpaired) electrons. The number of amides is 2. The molecule has 1 rings (SSSR count). The number of urea groups is 1. The van der Waals surface area contributed by atoms with Crippen LogP contribution >= 0.6 is 0 Å². The molecule has 0 aromatic heterocycles. The second-order valence-electron chi connectivity index (χ2n) is 5.92. The fourth-order valence-electron chi connectivity index (χ4n) is 2.78. The number of nitrogens with one attached hydrogen (secondary N) is 1. The SMILES string of the molecule is CCN1CCCC1CN(C)C(=O)NCCCC(C)C(=O)O. The van der Waals surface area contributed by atoms with Crippen molar-refractivity contribution in [2.75, 3.05) is 33.2 Å². The second-order valence-corrected chi connectivity index (χ2v) is 5.92. The lowest BCUT2D eigenvalue weighted by molar-refractivity contribution is -0.141. The molecule has 0 spiro atoms. The number of aliphatic carboxylic acids is 1. The molecule has 0 aromatic carbocycles. The number of hydrogen-bond donors (Lipinski definition) is 2. The van der Waals surface area contributed by atoms with Gasteiger partial charge >= 0.3 is 12.0 Å². The van der Waals surface area contributed by atoms with Gasteiger partial charge in [0.25, 0.3) is 0 Å². The largest absolute Gasteiger partial charge is 0.481 e. The van der Waals surface area contributed by atoms with E-state index in [1.54, 1.807) is 11.8 Å². The number of carbonyl (C=O) groups excluding carboxylic acids is 1. The van der Waals surface area contributed by atoms with E-state index in [1.807, 2.05) is 7.05 Å². The first-order valence-corrected chi connectivity index (χ1v) is 7.91. The number of hydrogen-bond acceptors (Lipinski definition) is 3. The van der Waals surface area contributed by atoms with Crippen LogP contribution in [0.4, 0.5) is 4.79 Å². The normalized spacial score (nSPS) is 20.2. The van der Waals surface area contributed by atoms with Crippen molar-refractivity contribution in [1.29, 1.82) is 0 Å². The van der Waals surface area contributed by atoms with E-state index in [4.69, 9.17) is 5.11 Å². The van der Waals surface area contributed by atoms with Crippen LogP contribution in [-0.4, -0.2) is 66.2 Å². The highest BCUT2D eigenvalue weighted by Crippen LogP contribution is 2.17. The molecule has 6 nitrogen and oxygen atoms in total. The summed E-state index contributed by atoms with van der Waals surface area (Å²) in [5.74, 6) is -1.13. The average Bonchev–Trinajstić information content (AvgIpc) is 2.89. The Bertz CT molecular complexity index is 349. The zero-order chi connectivity index (χ0) is 15.8. The second kappa shape index (κ2) is 8.87. The van der Waals surface area contributed by atoms with Gasteiger partial charge in [-0.05, 0) is 38.8 Å². The van der Waals surface area contributed by atoms with Crippen molar-refractivity contribution in [3.63, 3.8) is 0 Å². The lowest BCUT2D eigenvalue weighted by Gasteiger charge is -2.27. The van der Waals surface area contributed by atoms with Crippen LogP contribution in [0, 0.1) is 5.92 Å². The lowest BCUT2D eigenvalue weighted by atomic mass is 10.1. The first kappa shape index (κ1) is 17.8. The summed E-state index contributed by atoms with van der Waals surface area (Å²) >= 11 is 0. The highest BCUT2D eigenvalue weighted by Gasteiger charge is 2.25. The number of nitrogens with zero attached hydrogens (tertiary/aromatic N) is 2. The van der Waals surface area contributed by atoms with Crippen molar-refractivity contribution < 1.29 is 14.7 Å². The number of likely N-dealkylation sites (N-methyl/N-ethyl adjacent to an activating group) is 2. The van der Waals surface area contributed by atoms with Gasteiger partial charge in [0.05, 0.1) is 5.92 Å². The average molecular weight is 299 g/mol. The number of carboxylic acids is 1. The van der Waals surface area contributed by atoms with Crippen molar-refractivity contribution >= 4 is 12.0 Å². The van der Waals surface area contributed by atoms with Crippen LogP contribution in [0.5, 0.6) is 0 Å². The molecule has 2 N–H and O–H groups in total. The Labute approximate surface area is 127 Å². The number of carboxylic acid groups (broad SMARTS) is 1. The minimum absolute atomic E-state index is 0.0686. The van der Waals surface area contributed by atoms with Crippen molar-refractivity contribution in [3.05, 3.63) is 0 Å². The molecule has 2 atom stereocenters. The summed E-state index contributed by atoms with van der Waals surface area (Å²) in [6.45, 7) is 7.29. The molecule has 2 unspecified atom stereocenters. The van der Waals surface area contributed by atoms with E-state index >= 15 is 0 Å². The van der Waals surface area contributed by atoms with Gasteiger partial charge in [0.15, 0.2) is 0 Å². The molecule has 1 fully saturated rings. The Kier molecular flexibility index (Phi) is 7.50. The zero-order valence-electron chi connectivity index (χ0n) is 13.5. The Morgan fingerprint density at radius 1 is 1.48 bits per heavy atom. The van der Waals surface area contributed by atoms with E-state index in [-0.39, 0.29) is 11.9 Å². The summed E-state index contributed by atoms with van der Waals surface area (Å²) in [6, 6.07) is 0.402. The summed E-state index contributed by atoms with van der Waals surface area (Å²) < 4.78 is 0. The topological polar surface area (TPSA) is 72.9 Å². The molecule has 1 saturated heterocycles. The third-order valence-corrected chi connectivity index (χ3v) is 4.25. The van der Waals surface area contributed by atoms with E-state index < -0.39 is 5.97 Å². The Hall–Kier alpha value is -1.30. The Balaban J connectivity index is 2.20. The van der Waals surface area contributed by atoms with Gasteiger partial charge in [0.2, 0.25) is 0 Å². The molecule has 2 amide bonds. The Morgan fingerprint density at radius 2 is 2.19 bits per heavy atom. The molecule has 0 aromatic rings. The van der Waals surface area contributed by atoms with Gasteiger partial charge in [-0.1, -0.05) is 13.8 Å². The quantitative estimate of drug-likeness (QED) is 0.668. The van der Waals surface area contributed by atoms with Gasteiger partial charge in [-0.2, -0.15) is 0 Å². The van der Waals surface area contributed by atoms with Crippen LogP contribution in [0.2, 0.25) is 0 Å². The summed E-state index contributed by atoms with van der Waals surface area (Å²) in [7, 11) is 1.82. The zero-order valence-corrected chi connectivity index (χ0v) is 13.5. The molecule has 6 heteroatoms. The predicted octanol–water partition coefficient (Wildman–Crippen LogP) is 1.61. The van der Waals surface area contributed by atoms with Gasteiger partial charge in [-0.3, -0.25) is 9.69 Å². The monoisotopic (exact) mass is 299 g/mol. The molecule has 0 bridgehead atoms. The van der Waals surface area contributed by atoms with Crippen molar-refractivity contribution in [1.82, 2.24) is 15.1 Å². The summed E-state index contributed by atoms with van der Waals surface area (Å²) in [5, 5.41) is 11.6. The fraction of sp³-hybridized carbons (Fsp3) is 0.867. The van der Waals surface area contributed by atoms with E-state index in [2.05, 4.69) is 17.1 Å². The molecular weight excluding hydrogens is 270 g/mol. The number of rotatable bonds is 8. The minimum Gasteiger partial charge on any atom is -0.481 e. The predicted molar refractivity (Wildman–Crippen MR) is 82.3 cm³/mol. The van der Waals surface area contributed by atoms with Gasteiger partial charge in [-0.15, -0.1) is 0 Å². The summed E-state index contributed by atoms with van der Waals surface area (Å²) in [4.78, 5) is 26.8. The van der Waals surface area contributed by atoms with Crippen LogP contribution in [0.3, 0.4) is 0 Å². The van der Waals surface area contributed by atoms with Crippen molar-refractivity contribution in [3.8, 4) is 0 Å². The third-order valence-electron chi connectivity index (χ3n) is 4.25. The van der Waals surface area contributed by atoms with Crippen LogP contribution in [0.25, 0.3) is 0 Å². The standard InChI is InChI=1S/C15H29N3O3/c1-4-18-10-6-8-13(18)11-17(3)15(21)16-9-5-7-12(2)14(19)20/h12-13H,4-11H2,1-3H3,(H,16,21)(H,19,20). The molecular formula is C15H29N3O3. The van der Waals surface area contributed by atoms with E-state index in [0.717, 1.165) is 26.1 Å². The highest BCUT2D eigenvalue weighted by atomic mass is 16.4. The smallest absolute Gasteiger partial charge is 0.317 e. The Morgan fingerprint density at radius 3 is 2.81 bits per heavy atom. The van der Waals surface area contributed by atoms with E-state index in [1.165, 1.54) is 6.42 Å². The molecule has 1 heterocycles. The lowest BCUT2D eigenvalue weighted by Crippen LogP contribution is -2.45. The summed E-state index contributed by atoms with van der Waals surface area (Å²) in [5.41, 5.74) is 0. The van der Waals surface area contributed by atoms with E-state index in [0.29, 0.717) is 25.4 Å². The van der Waals surface area contributed by atoms with Crippen LogP contribution in [0.15, 0.2) is 0 Å². The number of carbonyl (C=O) groups is 2. The maximum atomic E-state index is 12.0. The first-order valence-electron chi connectivity index (χ1n) is 7.91. The van der Waals surface area contributed by atoms with Gasteiger partial charge in [0, 0.05) is 26.2 Å². The first-order chi connectivity index (χ1) is 9.95. The van der Waals surface area contributed by atoms with Gasteiger partial charge < -0.3 is 15.3 Å². The molecule has 0 saturated carbocycles. The van der Waals surface area contributed by atoms with Gasteiger partial charge in [-0.25, -0.2) is 4.79 Å². The third kappa shape index (κ3) is 5.91. The maximum Gasteiger partial charge on any atom is 0.317 e. The molecule has 0 aliphatic carbocycles. The van der Waals surface area contributed by atoms with E-state index in [9.17, 15) is 9.59 Å². The molecule has 1 aliphatic rings. The summed E-state index contributed by atoms with van der Waals surface area (Å²) in [6.07, 6.45) is 3.64. The van der Waals surface area contributed by atoms with Crippen LogP contribution in [-0.2, 0) is 4.79 Å². The highest BCUT2D eigenvalue weighted by molar-refractivity contribution is 5.73. The van der Waals surface area contributed by atoms with Crippen molar-refractivity contribution in [2.24, 2.45) is 5.92 Å². The van der Waals surface area contributed by atoms with Gasteiger partial charge in [0.1, 0.15) is 0 Å².